The van der Waals surface area contributed by atoms with Crippen molar-refractivity contribution in [3.8, 4) is 6.07 Å². The first-order valence-corrected chi connectivity index (χ1v) is 6.71. The van der Waals surface area contributed by atoms with E-state index in [-0.39, 0.29) is 0 Å². The number of aryl methyl sites for hydroxylation is 1. The van der Waals surface area contributed by atoms with Gasteiger partial charge in [-0.1, -0.05) is 0 Å². The number of nitrogens with zero attached hydrogens (tertiary/aromatic N) is 1. The third-order valence-corrected chi connectivity index (χ3v) is 4.62. The number of thioether (sulfide) groups is 1. The van der Waals surface area contributed by atoms with Crippen LogP contribution in [0, 0.1) is 18.3 Å². The Hall–Kier alpha value is -1.14. The minimum Gasteiger partial charge on any atom is -0.384 e. The molecule has 2 rings (SSSR count). The van der Waals surface area contributed by atoms with Crippen molar-refractivity contribution in [2.24, 2.45) is 0 Å². The molecule has 0 amide bonds. The van der Waals surface area contributed by atoms with Crippen LogP contribution < -0.4 is 5.32 Å². The highest BCUT2D eigenvalue weighted by molar-refractivity contribution is 8.00. The van der Waals surface area contributed by atoms with Gasteiger partial charge in [-0.2, -0.15) is 17.0 Å². The van der Waals surface area contributed by atoms with E-state index in [0.29, 0.717) is 4.75 Å². The summed E-state index contributed by atoms with van der Waals surface area (Å²) in [5.41, 5.74) is 2.93. The van der Waals surface area contributed by atoms with E-state index < -0.39 is 0 Å². The Balaban J connectivity index is 2.00. The summed E-state index contributed by atoms with van der Waals surface area (Å²) in [6.45, 7) is 3.00. The number of hydrogen-bond donors (Lipinski definition) is 1. The Labute approximate surface area is 101 Å². The highest BCUT2D eigenvalue weighted by Crippen LogP contribution is 2.47. The Morgan fingerprint density at radius 2 is 2.25 bits per heavy atom. The molecule has 1 aromatic rings. The van der Waals surface area contributed by atoms with Crippen molar-refractivity contribution in [3.05, 3.63) is 29.3 Å². The Morgan fingerprint density at radius 1 is 1.50 bits per heavy atom. The topological polar surface area (TPSA) is 35.8 Å². The monoisotopic (exact) mass is 232 g/mol. The van der Waals surface area contributed by atoms with E-state index in [1.165, 1.54) is 12.8 Å². The first kappa shape index (κ1) is 11.3. The van der Waals surface area contributed by atoms with Crippen molar-refractivity contribution < 1.29 is 0 Å². The minimum atomic E-state index is 0.474. The summed E-state index contributed by atoms with van der Waals surface area (Å²) in [5.74, 6) is 0. The molecule has 3 heteroatoms. The van der Waals surface area contributed by atoms with E-state index in [1.807, 2.05) is 30.8 Å². The molecule has 2 nitrogen and oxygen atoms in total. The van der Waals surface area contributed by atoms with Crippen LogP contribution in [0.15, 0.2) is 18.2 Å². The Kier molecular flexibility index (Phi) is 3.11. The summed E-state index contributed by atoms with van der Waals surface area (Å²) in [5, 5.41) is 12.3. The molecule has 0 saturated heterocycles. The fourth-order valence-electron chi connectivity index (χ4n) is 1.75. The lowest BCUT2D eigenvalue weighted by atomic mass is 10.1. The van der Waals surface area contributed by atoms with Gasteiger partial charge in [-0.3, -0.25) is 0 Å². The summed E-state index contributed by atoms with van der Waals surface area (Å²) >= 11 is 1.95. The molecular weight excluding hydrogens is 216 g/mol. The second-order valence-corrected chi connectivity index (χ2v) is 5.66. The molecule has 16 heavy (non-hydrogen) atoms. The van der Waals surface area contributed by atoms with Crippen LogP contribution in [0.3, 0.4) is 0 Å². The van der Waals surface area contributed by atoms with Gasteiger partial charge >= 0.3 is 0 Å². The van der Waals surface area contributed by atoms with Crippen molar-refractivity contribution in [1.29, 1.82) is 5.26 Å². The van der Waals surface area contributed by atoms with Gasteiger partial charge in [0, 0.05) is 17.0 Å². The van der Waals surface area contributed by atoms with E-state index in [4.69, 9.17) is 5.26 Å². The average Bonchev–Trinajstić information content (AvgIpc) is 3.07. The van der Waals surface area contributed by atoms with Crippen LogP contribution in [-0.4, -0.2) is 17.5 Å². The van der Waals surface area contributed by atoms with Gasteiger partial charge in [-0.05, 0) is 49.8 Å². The van der Waals surface area contributed by atoms with Crippen molar-refractivity contribution in [2.75, 3.05) is 18.1 Å². The number of benzene rings is 1. The first-order valence-electron chi connectivity index (χ1n) is 5.49. The maximum atomic E-state index is 8.84. The second kappa shape index (κ2) is 4.39. The summed E-state index contributed by atoms with van der Waals surface area (Å²) in [4.78, 5) is 0. The lowest BCUT2D eigenvalue weighted by Gasteiger charge is -2.14. The normalized spacial score (nSPS) is 16.6. The van der Waals surface area contributed by atoms with Crippen LogP contribution in [0.5, 0.6) is 0 Å². The zero-order valence-electron chi connectivity index (χ0n) is 9.71. The van der Waals surface area contributed by atoms with Crippen LogP contribution >= 0.6 is 11.8 Å². The van der Waals surface area contributed by atoms with Gasteiger partial charge in [-0.15, -0.1) is 0 Å². The predicted octanol–water partition coefficient (Wildman–Crippen LogP) is 3.17. The Bertz CT molecular complexity index is 430. The van der Waals surface area contributed by atoms with E-state index in [0.717, 1.165) is 23.4 Å². The van der Waals surface area contributed by atoms with E-state index >= 15 is 0 Å². The van der Waals surface area contributed by atoms with E-state index in [1.54, 1.807) is 0 Å². The molecule has 1 fully saturated rings. The van der Waals surface area contributed by atoms with Crippen molar-refractivity contribution in [1.82, 2.24) is 0 Å². The summed E-state index contributed by atoms with van der Waals surface area (Å²) in [7, 11) is 0. The minimum absolute atomic E-state index is 0.474. The van der Waals surface area contributed by atoms with Gasteiger partial charge in [0.2, 0.25) is 0 Å². The second-order valence-electron chi connectivity index (χ2n) is 4.38. The lowest BCUT2D eigenvalue weighted by molar-refractivity contribution is 0.949. The van der Waals surface area contributed by atoms with Gasteiger partial charge in [-0.25, -0.2) is 0 Å². The maximum absolute atomic E-state index is 8.84. The van der Waals surface area contributed by atoms with Crippen LogP contribution in [0.4, 0.5) is 5.69 Å². The highest BCUT2D eigenvalue weighted by atomic mass is 32.2. The van der Waals surface area contributed by atoms with Crippen molar-refractivity contribution >= 4 is 17.4 Å². The number of anilines is 1. The molecule has 0 atom stereocenters. The molecule has 1 saturated carbocycles. The summed E-state index contributed by atoms with van der Waals surface area (Å²) in [6, 6.07) is 8.11. The molecule has 0 aromatic heterocycles. The standard InChI is InChI=1S/C13H16N2S/c1-10-7-12(4-3-11(10)8-14)15-9-13(16-2)5-6-13/h3-4,7,15H,5-6,9H2,1-2H3. The molecule has 1 aliphatic rings. The number of hydrogen-bond acceptors (Lipinski definition) is 3. The van der Waals surface area contributed by atoms with Gasteiger partial charge in [0.25, 0.3) is 0 Å². The molecule has 0 unspecified atom stereocenters. The molecule has 1 N–H and O–H groups in total. The van der Waals surface area contributed by atoms with Gasteiger partial charge in [0.15, 0.2) is 0 Å². The molecule has 0 spiro atoms. The zero-order chi connectivity index (χ0) is 11.6. The van der Waals surface area contributed by atoms with Crippen molar-refractivity contribution in [2.45, 2.75) is 24.5 Å². The largest absolute Gasteiger partial charge is 0.384 e. The van der Waals surface area contributed by atoms with Gasteiger partial charge < -0.3 is 5.32 Å². The zero-order valence-corrected chi connectivity index (χ0v) is 10.5. The van der Waals surface area contributed by atoms with Gasteiger partial charge in [0.1, 0.15) is 0 Å². The molecule has 0 aliphatic heterocycles. The summed E-state index contributed by atoms with van der Waals surface area (Å²) in [6.07, 6.45) is 4.81. The van der Waals surface area contributed by atoms with E-state index in [9.17, 15) is 0 Å². The number of rotatable bonds is 4. The van der Waals surface area contributed by atoms with Gasteiger partial charge in [0.05, 0.1) is 11.6 Å². The smallest absolute Gasteiger partial charge is 0.0994 e. The lowest BCUT2D eigenvalue weighted by Crippen LogP contribution is -2.17. The van der Waals surface area contributed by atoms with E-state index in [2.05, 4.69) is 23.7 Å². The number of nitriles is 1. The first-order chi connectivity index (χ1) is 7.69. The molecule has 84 valence electrons. The molecular formula is C13H16N2S. The summed E-state index contributed by atoms with van der Waals surface area (Å²) < 4.78 is 0.474. The predicted molar refractivity (Wildman–Crippen MR) is 69.9 cm³/mol. The highest BCUT2D eigenvalue weighted by Gasteiger charge is 2.41. The molecule has 0 bridgehead atoms. The SMILES string of the molecule is CSC1(CNc2ccc(C#N)c(C)c2)CC1. The van der Waals surface area contributed by atoms with Crippen molar-refractivity contribution in [3.63, 3.8) is 0 Å². The van der Waals surface area contributed by atoms with Crippen LogP contribution in [0.1, 0.15) is 24.0 Å². The molecule has 1 aliphatic carbocycles. The fraction of sp³-hybridized carbons (Fsp3) is 0.462. The fourth-order valence-corrected chi connectivity index (χ4v) is 2.48. The number of nitrogens with one attached hydrogen (secondary N) is 1. The molecule has 1 aromatic carbocycles. The molecule has 0 radical (unpaired) electrons. The molecule has 0 heterocycles. The third kappa shape index (κ3) is 2.33. The maximum Gasteiger partial charge on any atom is 0.0994 e. The third-order valence-electron chi connectivity index (χ3n) is 3.20. The van der Waals surface area contributed by atoms with Crippen LogP contribution in [0.25, 0.3) is 0 Å². The van der Waals surface area contributed by atoms with Crippen LogP contribution in [0.2, 0.25) is 0 Å². The Morgan fingerprint density at radius 3 is 2.75 bits per heavy atom. The average molecular weight is 232 g/mol. The van der Waals surface area contributed by atoms with Crippen LogP contribution in [-0.2, 0) is 0 Å². The quantitative estimate of drug-likeness (QED) is 0.866.